The lowest BCUT2D eigenvalue weighted by Gasteiger charge is -2.09. The first kappa shape index (κ1) is 18.1. The van der Waals surface area contributed by atoms with Crippen LogP contribution in [0.3, 0.4) is 0 Å². The summed E-state index contributed by atoms with van der Waals surface area (Å²) in [5, 5.41) is 18.8. The highest BCUT2D eigenvalue weighted by atomic mass is 19.3. The number of carbonyl (C=O) groups is 1. The largest absolute Gasteiger partial charge is 0.425 e. The van der Waals surface area contributed by atoms with Gasteiger partial charge in [-0.05, 0) is 37.3 Å². The van der Waals surface area contributed by atoms with Crippen molar-refractivity contribution in [1.29, 1.82) is 0 Å². The molecule has 1 aliphatic rings. The van der Waals surface area contributed by atoms with E-state index in [1.165, 1.54) is 25.0 Å². The molecule has 0 saturated heterocycles. The Morgan fingerprint density at radius 3 is 2.89 bits per heavy atom. The summed E-state index contributed by atoms with van der Waals surface area (Å²) in [5.41, 5.74) is 1.27. The highest BCUT2D eigenvalue weighted by Crippen LogP contribution is 2.32. The second-order valence-electron chi connectivity index (χ2n) is 6.65. The zero-order valence-corrected chi connectivity index (χ0v) is 15.0. The van der Waals surface area contributed by atoms with E-state index in [1.807, 2.05) is 6.20 Å². The van der Waals surface area contributed by atoms with E-state index in [2.05, 4.69) is 30.7 Å². The Morgan fingerprint density at radius 1 is 1.36 bits per heavy atom. The van der Waals surface area contributed by atoms with Crippen molar-refractivity contribution in [2.24, 2.45) is 5.92 Å². The second-order valence-corrected chi connectivity index (χ2v) is 6.65. The third-order valence-corrected chi connectivity index (χ3v) is 4.30. The van der Waals surface area contributed by atoms with Crippen molar-refractivity contribution in [3.63, 3.8) is 0 Å². The maximum absolute atomic E-state index is 13.3. The highest BCUT2D eigenvalue weighted by Gasteiger charge is 2.24. The number of H-pyrrole nitrogens is 1. The molecule has 3 heterocycles. The van der Waals surface area contributed by atoms with Crippen molar-refractivity contribution in [2.75, 3.05) is 0 Å². The zero-order valence-electron chi connectivity index (χ0n) is 15.0. The monoisotopic (exact) mass is 389 g/mol. The first-order valence-electron chi connectivity index (χ1n) is 8.76. The minimum Gasteiger partial charge on any atom is -0.425 e. The number of halogens is 2. The number of nitrogens with one attached hydrogen (secondary N) is 1. The standard InChI is InChI=1S/C17H17F2N7O2/c1-9(27)28-14-5-4-12(20-16(14)17(18)19)15-13(22-24-23-15)8-26-7-11(21-25-26)6-10-2-3-10/h4-5,7,10,17H,2-3,6,8H2,1H3,(H,22,23,24). The fraction of sp³-hybridized carbons (Fsp3) is 0.412. The fourth-order valence-electron chi connectivity index (χ4n) is 2.84. The van der Waals surface area contributed by atoms with Crippen molar-refractivity contribution < 1.29 is 18.3 Å². The van der Waals surface area contributed by atoms with Crippen LogP contribution in [0, 0.1) is 5.92 Å². The Morgan fingerprint density at radius 2 is 2.18 bits per heavy atom. The molecule has 0 amide bonds. The molecular weight excluding hydrogens is 372 g/mol. The summed E-state index contributed by atoms with van der Waals surface area (Å²) in [5.74, 6) is -0.287. The van der Waals surface area contributed by atoms with E-state index < -0.39 is 18.1 Å². The van der Waals surface area contributed by atoms with Crippen LogP contribution in [0.5, 0.6) is 5.75 Å². The van der Waals surface area contributed by atoms with E-state index in [0.29, 0.717) is 17.3 Å². The predicted molar refractivity (Wildman–Crippen MR) is 91.4 cm³/mol. The van der Waals surface area contributed by atoms with Crippen LogP contribution in [0.1, 0.15) is 43.3 Å². The van der Waals surface area contributed by atoms with Gasteiger partial charge in [-0.3, -0.25) is 4.79 Å². The van der Waals surface area contributed by atoms with Gasteiger partial charge in [0.2, 0.25) is 0 Å². The van der Waals surface area contributed by atoms with Gasteiger partial charge < -0.3 is 4.74 Å². The van der Waals surface area contributed by atoms with Crippen molar-refractivity contribution in [3.8, 4) is 17.1 Å². The number of nitrogens with zero attached hydrogens (tertiary/aromatic N) is 6. The number of esters is 1. The van der Waals surface area contributed by atoms with Gasteiger partial charge in [0.1, 0.15) is 17.1 Å². The molecule has 11 heteroatoms. The molecule has 0 radical (unpaired) electrons. The average molecular weight is 389 g/mol. The predicted octanol–water partition coefficient (Wildman–Crippen LogP) is 2.32. The van der Waals surface area contributed by atoms with Gasteiger partial charge in [0, 0.05) is 13.1 Å². The Kier molecular flexibility index (Phi) is 4.80. The minimum atomic E-state index is -2.91. The fourth-order valence-corrected chi connectivity index (χ4v) is 2.84. The molecule has 1 fully saturated rings. The van der Waals surface area contributed by atoms with Crippen molar-refractivity contribution in [3.05, 3.63) is 35.4 Å². The molecule has 3 aromatic heterocycles. The van der Waals surface area contributed by atoms with E-state index in [9.17, 15) is 13.6 Å². The lowest BCUT2D eigenvalue weighted by atomic mass is 10.2. The van der Waals surface area contributed by atoms with Crippen LogP contribution in [0.25, 0.3) is 11.4 Å². The van der Waals surface area contributed by atoms with Gasteiger partial charge >= 0.3 is 5.97 Å². The number of alkyl halides is 2. The molecule has 0 atom stereocenters. The number of ether oxygens (including phenoxy) is 1. The third kappa shape index (κ3) is 4.02. The Bertz CT molecular complexity index is 997. The number of aromatic nitrogens is 7. The zero-order chi connectivity index (χ0) is 19.7. The van der Waals surface area contributed by atoms with Gasteiger partial charge in [-0.1, -0.05) is 5.21 Å². The van der Waals surface area contributed by atoms with E-state index in [4.69, 9.17) is 4.74 Å². The normalized spacial score (nSPS) is 13.9. The summed E-state index contributed by atoms with van der Waals surface area (Å²) in [4.78, 5) is 15.0. The third-order valence-electron chi connectivity index (χ3n) is 4.30. The van der Waals surface area contributed by atoms with E-state index in [1.54, 1.807) is 4.68 Å². The molecule has 9 nitrogen and oxygen atoms in total. The average Bonchev–Trinajstić information content (AvgIpc) is 3.15. The number of hydrogen-bond donors (Lipinski definition) is 1. The molecule has 1 aliphatic carbocycles. The minimum absolute atomic E-state index is 0.188. The van der Waals surface area contributed by atoms with Gasteiger partial charge in [0.25, 0.3) is 6.43 Å². The molecule has 28 heavy (non-hydrogen) atoms. The summed E-state index contributed by atoms with van der Waals surface area (Å²) in [6.07, 6.45) is 2.29. The number of carbonyl (C=O) groups excluding carboxylic acids is 1. The molecule has 0 unspecified atom stereocenters. The Hall–Kier alpha value is -3.24. The first-order chi connectivity index (χ1) is 13.5. The van der Waals surface area contributed by atoms with Crippen molar-refractivity contribution >= 4 is 5.97 Å². The molecule has 146 valence electrons. The van der Waals surface area contributed by atoms with Crippen molar-refractivity contribution in [2.45, 2.75) is 39.2 Å². The summed E-state index contributed by atoms with van der Waals surface area (Å²) in [6.45, 7) is 1.40. The van der Waals surface area contributed by atoms with E-state index in [0.717, 1.165) is 19.0 Å². The number of rotatable bonds is 7. The molecule has 0 spiro atoms. The molecule has 1 saturated carbocycles. The quantitative estimate of drug-likeness (QED) is 0.617. The van der Waals surface area contributed by atoms with Crippen LogP contribution in [-0.2, 0) is 17.8 Å². The summed E-state index contributed by atoms with van der Waals surface area (Å²) in [7, 11) is 0. The molecule has 0 aromatic carbocycles. The first-order valence-corrected chi connectivity index (χ1v) is 8.76. The lowest BCUT2D eigenvalue weighted by Crippen LogP contribution is -2.07. The smallest absolute Gasteiger partial charge is 0.308 e. The molecule has 0 bridgehead atoms. The summed E-state index contributed by atoms with van der Waals surface area (Å²) in [6, 6.07) is 2.72. The molecule has 1 N–H and O–H groups in total. The van der Waals surface area contributed by atoms with Gasteiger partial charge in [0.15, 0.2) is 5.75 Å². The van der Waals surface area contributed by atoms with Gasteiger partial charge in [-0.2, -0.15) is 15.4 Å². The highest BCUT2D eigenvalue weighted by molar-refractivity contribution is 5.70. The SMILES string of the molecule is CC(=O)Oc1ccc(-c2n[nH]nc2Cn2cc(CC3CC3)nn2)nc1C(F)F. The van der Waals surface area contributed by atoms with Crippen molar-refractivity contribution in [1.82, 2.24) is 35.4 Å². The van der Waals surface area contributed by atoms with Gasteiger partial charge in [-0.25, -0.2) is 18.4 Å². The van der Waals surface area contributed by atoms with E-state index >= 15 is 0 Å². The van der Waals surface area contributed by atoms with Crippen LogP contribution >= 0.6 is 0 Å². The second kappa shape index (κ2) is 7.41. The van der Waals surface area contributed by atoms with Gasteiger partial charge in [-0.15, -0.1) is 5.10 Å². The molecular formula is C17H17F2N7O2. The Labute approximate surface area is 158 Å². The van der Waals surface area contributed by atoms with Crippen LogP contribution < -0.4 is 4.74 Å². The number of aromatic amines is 1. The number of hydrogen-bond acceptors (Lipinski definition) is 7. The maximum Gasteiger partial charge on any atom is 0.308 e. The van der Waals surface area contributed by atoms with Crippen LogP contribution in [0.2, 0.25) is 0 Å². The summed E-state index contributed by atoms with van der Waals surface area (Å²) < 4.78 is 33.1. The Balaban J connectivity index is 1.58. The molecule has 0 aliphatic heterocycles. The topological polar surface area (TPSA) is 111 Å². The van der Waals surface area contributed by atoms with Crippen LogP contribution in [0.4, 0.5) is 8.78 Å². The van der Waals surface area contributed by atoms with Crippen LogP contribution in [-0.4, -0.2) is 41.4 Å². The van der Waals surface area contributed by atoms with E-state index in [-0.39, 0.29) is 18.0 Å². The number of pyridine rings is 1. The molecule has 4 rings (SSSR count). The summed E-state index contributed by atoms with van der Waals surface area (Å²) >= 11 is 0. The molecule has 3 aromatic rings. The lowest BCUT2D eigenvalue weighted by molar-refractivity contribution is -0.132. The van der Waals surface area contributed by atoms with Crippen LogP contribution in [0.15, 0.2) is 18.3 Å². The van der Waals surface area contributed by atoms with Gasteiger partial charge in [0.05, 0.1) is 17.9 Å². The maximum atomic E-state index is 13.3.